The number of anilines is 1. The van der Waals surface area contributed by atoms with Crippen LogP contribution in [0.1, 0.15) is 28.3 Å². The number of aryl methyl sites for hydroxylation is 2. The highest BCUT2D eigenvalue weighted by atomic mass is 19.1. The Morgan fingerprint density at radius 1 is 1.03 bits per heavy atom. The number of benzene rings is 3. The second kappa shape index (κ2) is 8.39. The van der Waals surface area contributed by atoms with E-state index >= 15 is 0 Å². The van der Waals surface area contributed by atoms with Gasteiger partial charge in [0.1, 0.15) is 17.3 Å². The lowest BCUT2D eigenvalue weighted by Crippen LogP contribution is -2.30. The molecule has 1 fully saturated rings. The topological polar surface area (TPSA) is 95.5 Å². The van der Waals surface area contributed by atoms with Gasteiger partial charge in [-0.1, -0.05) is 12.1 Å². The molecule has 1 unspecified atom stereocenters. The Hall–Kier alpha value is -4.46. The highest BCUT2D eigenvalue weighted by Gasteiger charge is 2.48. The van der Waals surface area contributed by atoms with Crippen LogP contribution >= 0.6 is 0 Å². The van der Waals surface area contributed by atoms with Crippen LogP contribution in [0.2, 0.25) is 0 Å². The smallest absolute Gasteiger partial charge is 0.302 e. The van der Waals surface area contributed by atoms with Crippen LogP contribution in [-0.2, 0) is 9.59 Å². The molecular formula is C27H22FN3O4. The summed E-state index contributed by atoms with van der Waals surface area (Å²) in [6.07, 6.45) is 0. The van der Waals surface area contributed by atoms with Crippen LogP contribution in [0.3, 0.4) is 0 Å². The van der Waals surface area contributed by atoms with Gasteiger partial charge in [-0.25, -0.2) is 9.37 Å². The highest BCUT2D eigenvalue weighted by molar-refractivity contribution is 6.51. The molecule has 1 aliphatic heterocycles. The van der Waals surface area contributed by atoms with Gasteiger partial charge in [0.15, 0.2) is 0 Å². The number of ether oxygens (including phenoxy) is 1. The maximum Gasteiger partial charge on any atom is 0.302 e. The number of hydrogen-bond acceptors (Lipinski definition) is 5. The Morgan fingerprint density at radius 3 is 2.34 bits per heavy atom. The first-order chi connectivity index (χ1) is 16.8. The first kappa shape index (κ1) is 22.3. The van der Waals surface area contributed by atoms with Gasteiger partial charge in [-0.2, -0.15) is 0 Å². The third-order valence-corrected chi connectivity index (χ3v) is 6.31. The summed E-state index contributed by atoms with van der Waals surface area (Å²) in [6.45, 7) is 3.94. The molecule has 1 aromatic heterocycles. The molecule has 0 bridgehead atoms. The molecule has 2 heterocycles. The molecule has 2 N–H and O–H groups in total. The lowest BCUT2D eigenvalue weighted by Gasteiger charge is -2.23. The van der Waals surface area contributed by atoms with E-state index in [9.17, 15) is 19.1 Å². The number of methoxy groups -OCH3 is 1. The third kappa shape index (κ3) is 3.73. The number of aromatic nitrogens is 2. The van der Waals surface area contributed by atoms with Crippen molar-refractivity contribution in [3.63, 3.8) is 0 Å². The standard InChI is InChI=1S/C27H22FN3O4/c1-14-12-20-21(13-15(14)2)30-27(29-20)31-23(16-6-10-19(35-3)11-7-16)22(25(33)26(31)34)24(32)17-4-8-18(28)9-5-17/h4-13,23,32H,1-3H3,(H,29,30)/b24-22+. The zero-order valence-electron chi connectivity index (χ0n) is 19.3. The summed E-state index contributed by atoms with van der Waals surface area (Å²) in [5.41, 5.74) is 4.15. The van der Waals surface area contributed by atoms with E-state index in [0.29, 0.717) is 16.8 Å². The second-order valence-electron chi connectivity index (χ2n) is 8.46. The van der Waals surface area contributed by atoms with Gasteiger partial charge in [0.2, 0.25) is 5.95 Å². The molecule has 0 aliphatic carbocycles. The summed E-state index contributed by atoms with van der Waals surface area (Å²) in [6, 6.07) is 14.8. The number of carbonyl (C=O) groups excluding carboxylic acids is 2. The molecule has 5 rings (SSSR count). The molecule has 35 heavy (non-hydrogen) atoms. The second-order valence-corrected chi connectivity index (χ2v) is 8.46. The van der Waals surface area contributed by atoms with Crippen LogP contribution in [0.4, 0.5) is 10.3 Å². The van der Waals surface area contributed by atoms with Crippen LogP contribution in [0, 0.1) is 19.7 Å². The third-order valence-electron chi connectivity index (χ3n) is 6.31. The van der Waals surface area contributed by atoms with Crippen molar-refractivity contribution in [3.8, 4) is 5.75 Å². The summed E-state index contributed by atoms with van der Waals surface area (Å²) in [4.78, 5) is 35.6. The number of H-pyrrole nitrogens is 1. The molecule has 1 atom stereocenters. The fourth-order valence-electron chi connectivity index (χ4n) is 4.29. The van der Waals surface area contributed by atoms with E-state index in [-0.39, 0.29) is 17.1 Å². The van der Waals surface area contributed by atoms with Crippen molar-refractivity contribution in [3.05, 3.63) is 94.3 Å². The molecule has 8 heteroatoms. The van der Waals surface area contributed by atoms with E-state index in [1.807, 2.05) is 26.0 Å². The lowest BCUT2D eigenvalue weighted by molar-refractivity contribution is -0.132. The van der Waals surface area contributed by atoms with Crippen molar-refractivity contribution in [2.45, 2.75) is 19.9 Å². The first-order valence-corrected chi connectivity index (χ1v) is 11.0. The lowest BCUT2D eigenvalue weighted by atomic mass is 9.95. The van der Waals surface area contributed by atoms with Gasteiger partial charge >= 0.3 is 5.91 Å². The number of Topliss-reactive ketones (excluding diaryl/α,β-unsaturated/α-hetero) is 1. The number of nitrogens with zero attached hydrogens (tertiary/aromatic N) is 2. The molecule has 3 aromatic carbocycles. The van der Waals surface area contributed by atoms with Crippen molar-refractivity contribution < 1.29 is 23.8 Å². The highest BCUT2D eigenvalue weighted by Crippen LogP contribution is 2.42. The number of imidazole rings is 1. The van der Waals surface area contributed by atoms with Gasteiger partial charge in [-0.15, -0.1) is 0 Å². The molecule has 4 aromatic rings. The zero-order chi connectivity index (χ0) is 24.9. The van der Waals surface area contributed by atoms with Gasteiger partial charge in [-0.3, -0.25) is 14.5 Å². The number of aromatic amines is 1. The first-order valence-electron chi connectivity index (χ1n) is 11.0. The number of aliphatic hydroxyl groups is 1. The largest absolute Gasteiger partial charge is 0.507 e. The summed E-state index contributed by atoms with van der Waals surface area (Å²) in [7, 11) is 1.54. The number of fused-ring (bicyclic) bond motifs is 1. The minimum atomic E-state index is -0.964. The number of rotatable bonds is 4. The van der Waals surface area contributed by atoms with Gasteiger partial charge in [-0.05, 0) is 79.1 Å². The van der Waals surface area contributed by atoms with Crippen molar-refractivity contribution in [2.75, 3.05) is 12.0 Å². The Kier molecular flexibility index (Phi) is 5.36. The summed E-state index contributed by atoms with van der Waals surface area (Å²) < 4.78 is 18.7. The van der Waals surface area contributed by atoms with E-state index in [1.54, 1.807) is 24.3 Å². The number of nitrogens with one attached hydrogen (secondary N) is 1. The van der Waals surface area contributed by atoms with E-state index in [4.69, 9.17) is 4.74 Å². The normalized spacial score (nSPS) is 17.4. The summed E-state index contributed by atoms with van der Waals surface area (Å²) >= 11 is 0. The number of hydrogen-bond donors (Lipinski definition) is 2. The van der Waals surface area contributed by atoms with Crippen LogP contribution in [0.15, 0.2) is 66.2 Å². The fourth-order valence-corrected chi connectivity index (χ4v) is 4.29. The minimum absolute atomic E-state index is 0.111. The van der Waals surface area contributed by atoms with Gasteiger partial charge in [0, 0.05) is 5.56 Å². The van der Waals surface area contributed by atoms with E-state index in [0.717, 1.165) is 16.6 Å². The quantitative estimate of drug-likeness (QED) is 0.249. The minimum Gasteiger partial charge on any atom is -0.507 e. The predicted molar refractivity (Wildman–Crippen MR) is 130 cm³/mol. The zero-order valence-corrected chi connectivity index (χ0v) is 19.3. The monoisotopic (exact) mass is 471 g/mol. The average molecular weight is 471 g/mol. The fraction of sp³-hybridized carbons (Fsp3) is 0.148. The Labute approximate surface area is 200 Å². The SMILES string of the molecule is COc1ccc(C2/C(=C(\O)c3ccc(F)cc3)C(=O)C(=O)N2c2nc3cc(C)c(C)cc3[nH]2)cc1. The molecule has 1 saturated heterocycles. The van der Waals surface area contributed by atoms with Gasteiger partial charge < -0.3 is 14.8 Å². The number of ketones is 1. The molecule has 176 valence electrons. The molecule has 1 aliphatic rings. The van der Waals surface area contributed by atoms with Crippen molar-refractivity contribution >= 4 is 34.4 Å². The maximum absolute atomic E-state index is 13.5. The van der Waals surface area contributed by atoms with Crippen LogP contribution in [0.5, 0.6) is 5.75 Å². The number of amides is 1. The Bertz CT molecular complexity index is 1470. The van der Waals surface area contributed by atoms with Crippen LogP contribution < -0.4 is 9.64 Å². The Balaban J connectivity index is 1.72. The van der Waals surface area contributed by atoms with Crippen molar-refractivity contribution in [1.29, 1.82) is 0 Å². The van der Waals surface area contributed by atoms with E-state index in [1.165, 1.54) is 36.3 Å². The molecule has 0 radical (unpaired) electrons. The van der Waals surface area contributed by atoms with Crippen LogP contribution in [0.25, 0.3) is 16.8 Å². The molecule has 7 nitrogen and oxygen atoms in total. The maximum atomic E-state index is 13.5. The summed E-state index contributed by atoms with van der Waals surface area (Å²) in [5.74, 6) is -1.79. The molecule has 1 amide bonds. The molecule has 0 saturated carbocycles. The molecule has 0 spiro atoms. The number of halogens is 1. The van der Waals surface area contributed by atoms with Crippen molar-refractivity contribution in [1.82, 2.24) is 9.97 Å². The van der Waals surface area contributed by atoms with Gasteiger partial charge in [0.25, 0.3) is 5.78 Å². The average Bonchev–Trinajstić information content (AvgIpc) is 3.37. The predicted octanol–water partition coefficient (Wildman–Crippen LogP) is 4.95. The molecular weight excluding hydrogens is 449 g/mol. The van der Waals surface area contributed by atoms with Crippen molar-refractivity contribution in [2.24, 2.45) is 0 Å². The van der Waals surface area contributed by atoms with E-state index in [2.05, 4.69) is 9.97 Å². The number of carbonyl (C=O) groups is 2. The summed E-state index contributed by atoms with van der Waals surface area (Å²) in [5, 5.41) is 11.1. The van der Waals surface area contributed by atoms with Crippen LogP contribution in [-0.4, -0.2) is 33.9 Å². The Morgan fingerprint density at radius 2 is 1.69 bits per heavy atom. The van der Waals surface area contributed by atoms with E-state index < -0.39 is 29.3 Å². The van der Waals surface area contributed by atoms with Gasteiger partial charge in [0.05, 0.1) is 29.8 Å². The number of aliphatic hydroxyl groups excluding tert-OH is 1.